The molecule has 2 aliphatic rings. The van der Waals surface area contributed by atoms with E-state index < -0.39 is 0 Å². The second-order valence-corrected chi connectivity index (χ2v) is 5.99. The predicted octanol–water partition coefficient (Wildman–Crippen LogP) is 2.52. The maximum Gasteiger partial charge on any atom is 0.115 e. The van der Waals surface area contributed by atoms with Crippen molar-refractivity contribution in [2.24, 2.45) is 5.92 Å². The summed E-state index contributed by atoms with van der Waals surface area (Å²) in [6.45, 7) is 0.890. The van der Waals surface area contributed by atoms with E-state index in [9.17, 15) is 10.2 Å². The standard InChI is InChI=1S/C16H23NO2/c18-13-8-7-11-3-1-5-15(14(11)9-13)17-10-12-4-2-6-16(12)19/h7-9,12,15-19H,1-6,10H2. The van der Waals surface area contributed by atoms with E-state index >= 15 is 0 Å². The average Bonchev–Trinajstić information content (AvgIpc) is 2.82. The van der Waals surface area contributed by atoms with Gasteiger partial charge in [0.2, 0.25) is 0 Å². The molecule has 0 aliphatic heterocycles. The zero-order valence-corrected chi connectivity index (χ0v) is 11.3. The van der Waals surface area contributed by atoms with Crippen LogP contribution in [0, 0.1) is 5.92 Å². The fourth-order valence-electron chi connectivity index (χ4n) is 3.55. The maximum absolute atomic E-state index is 9.88. The van der Waals surface area contributed by atoms with Crippen LogP contribution in [0.25, 0.3) is 0 Å². The van der Waals surface area contributed by atoms with Crippen molar-refractivity contribution in [3.63, 3.8) is 0 Å². The monoisotopic (exact) mass is 261 g/mol. The lowest BCUT2D eigenvalue weighted by Gasteiger charge is -2.28. The number of rotatable bonds is 3. The van der Waals surface area contributed by atoms with Crippen LogP contribution in [0.2, 0.25) is 0 Å². The van der Waals surface area contributed by atoms with Gasteiger partial charge in [-0.3, -0.25) is 0 Å². The van der Waals surface area contributed by atoms with Crippen molar-refractivity contribution in [2.45, 2.75) is 50.7 Å². The molecule has 19 heavy (non-hydrogen) atoms. The Bertz CT molecular complexity index is 446. The number of aliphatic hydroxyl groups is 1. The number of aryl methyl sites for hydroxylation is 1. The summed E-state index contributed by atoms with van der Waals surface area (Å²) < 4.78 is 0. The smallest absolute Gasteiger partial charge is 0.115 e. The Kier molecular flexibility index (Phi) is 3.76. The highest BCUT2D eigenvalue weighted by Gasteiger charge is 2.27. The molecule has 1 aromatic carbocycles. The van der Waals surface area contributed by atoms with E-state index in [0.29, 0.717) is 17.7 Å². The Morgan fingerprint density at radius 3 is 2.84 bits per heavy atom. The van der Waals surface area contributed by atoms with Gasteiger partial charge < -0.3 is 15.5 Å². The molecule has 0 radical (unpaired) electrons. The van der Waals surface area contributed by atoms with Gasteiger partial charge in [0.1, 0.15) is 5.75 Å². The third kappa shape index (κ3) is 2.77. The summed E-state index contributed by atoms with van der Waals surface area (Å²) in [5.41, 5.74) is 2.60. The minimum atomic E-state index is -0.125. The third-order valence-corrected chi connectivity index (χ3v) is 4.69. The quantitative estimate of drug-likeness (QED) is 0.783. The number of nitrogens with one attached hydrogen (secondary N) is 1. The van der Waals surface area contributed by atoms with Crippen LogP contribution in [0.3, 0.4) is 0 Å². The van der Waals surface area contributed by atoms with Crippen LogP contribution in [0.5, 0.6) is 5.75 Å². The molecule has 3 nitrogen and oxygen atoms in total. The number of aliphatic hydroxyl groups excluding tert-OH is 1. The Labute approximate surface area is 114 Å². The second-order valence-electron chi connectivity index (χ2n) is 5.99. The maximum atomic E-state index is 9.88. The molecule has 1 fully saturated rings. The van der Waals surface area contributed by atoms with Crippen molar-refractivity contribution in [3.05, 3.63) is 29.3 Å². The molecular weight excluding hydrogens is 238 g/mol. The zero-order chi connectivity index (χ0) is 13.2. The lowest BCUT2D eigenvalue weighted by atomic mass is 9.87. The van der Waals surface area contributed by atoms with Gasteiger partial charge in [-0.25, -0.2) is 0 Å². The minimum absolute atomic E-state index is 0.125. The summed E-state index contributed by atoms with van der Waals surface area (Å²) in [5.74, 6) is 0.760. The molecule has 3 heteroatoms. The summed E-state index contributed by atoms with van der Waals surface area (Å²) in [5, 5.41) is 23.1. The predicted molar refractivity (Wildman–Crippen MR) is 75.1 cm³/mol. The van der Waals surface area contributed by atoms with E-state index in [2.05, 4.69) is 5.32 Å². The van der Waals surface area contributed by atoms with E-state index in [0.717, 1.165) is 38.6 Å². The summed E-state index contributed by atoms with van der Waals surface area (Å²) >= 11 is 0. The van der Waals surface area contributed by atoms with Crippen LogP contribution in [-0.2, 0) is 6.42 Å². The second kappa shape index (κ2) is 5.51. The highest BCUT2D eigenvalue weighted by atomic mass is 16.3. The number of phenolic OH excluding ortho intramolecular Hbond substituents is 1. The fourth-order valence-corrected chi connectivity index (χ4v) is 3.55. The topological polar surface area (TPSA) is 52.5 Å². The summed E-state index contributed by atoms with van der Waals surface area (Å²) in [7, 11) is 0. The third-order valence-electron chi connectivity index (χ3n) is 4.69. The number of fused-ring (bicyclic) bond motifs is 1. The van der Waals surface area contributed by atoms with Crippen LogP contribution >= 0.6 is 0 Å². The van der Waals surface area contributed by atoms with Crippen LogP contribution in [0.15, 0.2) is 18.2 Å². The van der Waals surface area contributed by atoms with Crippen LogP contribution in [0.4, 0.5) is 0 Å². The summed E-state index contributed by atoms with van der Waals surface area (Å²) in [6.07, 6.45) is 6.54. The lowest BCUT2D eigenvalue weighted by molar-refractivity contribution is 0.129. The Balaban J connectivity index is 1.67. The molecule has 3 N–H and O–H groups in total. The molecule has 0 aromatic heterocycles. The van der Waals surface area contributed by atoms with E-state index in [1.807, 2.05) is 12.1 Å². The van der Waals surface area contributed by atoms with E-state index in [4.69, 9.17) is 0 Å². The van der Waals surface area contributed by atoms with Gasteiger partial charge in [0, 0.05) is 12.6 Å². The first-order chi connectivity index (χ1) is 9.24. The highest BCUT2D eigenvalue weighted by Crippen LogP contribution is 2.33. The lowest BCUT2D eigenvalue weighted by Crippen LogP contribution is -2.32. The Morgan fingerprint density at radius 2 is 2.05 bits per heavy atom. The molecule has 104 valence electrons. The molecule has 3 unspecified atom stereocenters. The molecule has 0 saturated heterocycles. The van der Waals surface area contributed by atoms with Gasteiger partial charge in [-0.1, -0.05) is 12.5 Å². The van der Waals surface area contributed by atoms with Gasteiger partial charge in [-0.05, 0) is 61.3 Å². The Morgan fingerprint density at radius 1 is 1.16 bits per heavy atom. The van der Waals surface area contributed by atoms with Gasteiger partial charge in [0.25, 0.3) is 0 Å². The number of hydrogen-bond acceptors (Lipinski definition) is 3. The molecule has 2 aliphatic carbocycles. The van der Waals surface area contributed by atoms with Crippen molar-refractivity contribution in [2.75, 3.05) is 6.54 Å². The average molecular weight is 261 g/mol. The van der Waals surface area contributed by atoms with Crippen molar-refractivity contribution in [1.82, 2.24) is 5.32 Å². The molecule has 3 rings (SSSR count). The fraction of sp³-hybridized carbons (Fsp3) is 0.625. The molecule has 3 atom stereocenters. The minimum Gasteiger partial charge on any atom is -0.508 e. The first-order valence-corrected chi connectivity index (χ1v) is 7.47. The van der Waals surface area contributed by atoms with Crippen molar-refractivity contribution in [3.8, 4) is 5.75 Å². The van der Waals surface area contributed by atoms with Crippen molar-refractivity contribution >= 4 is 0 Å². The normalized spacial score (nSPS) is 30.3. The van der Waals surface area contributed by atoms with E-state index in [1.165, 1.54) is 17.5 Å². The SMILES string of the molecule is Oc1ccc2c(c1)C(NCC1CCCC1O)CCC2. The zero-order valence-electron chi connectivity index (χ0n) is 11.3. The molecule has 1 aromatic rings. The van der Waals surface area contributed by atoms with Crippen molar-refractivity contribution < 1.29 is 10.2 Å². The molecule has 0 bridgehead atoms. The summed E-state index contributed by atoms with van der Waals surface area (Å²) in [6, 6.07) is 6.06. The molecule has 0 spiro atoms. The first kappa shape index (κ1) is 12.9. The number of benzene rings is 1. The van der Waals surface area contributed by atoms with Gasteiger partial charge >= 0.3 is 0 Å². The van der Waals surface area contributed by atoms with Gasteiger partial charge in [-0.15, -0.1) is 0 Å². The summed E-state index contributed by atoms with van der Waals surface area (Å²) in [4.78, 5) is 0. The van der Waals surface area contributed by atoms with E-state index in [-0.39, 0.29) is 6.10 Å². The molecule has 1 saturated carbocycles. The van der Waals surface area contributed by atoms with Gasteiger partial charge in [0.05, 0.1) is 6.10 Å². The largest absolute Gasteiger partial charge is 0.508 e. The molecule has 0 heterocycles. The molecule has 0 amide bonds. The first-order valence-electron chi connectivity index (χ1n) is 7.47. The number of aromatic hydroxyl groups is 1. The van der Waals surface area contributed by atoms with Gasteiger partial charge in [0.15, 0.2) is 0 Å². The Hall–Kier alpha value is -1.06. The van der Waals surface area contributed by atoms with Crippen molar-refractivity contribution in [1.29, 1.82) is 0 Å². The van der Waals surface area contributed by atoms with E-state index in [1.54, 1.807) is 6.07 Å². The number of phenols is 1. The van der Waals surface area contributed by atoms with Gasteiger partial charge in [-0.2, -0.15) is 0 Å². The van der Waals surface area contributed by atoms with Crippen LogP contribution in [0.1, 0.15) is 49.3 Å². The highest BCUT2D eigenvalue weighted by molar-refractivity contribution is 5.38. The van der Waals surface area contributed by atoms with Crippen LogP contribution < -0.4 is 5.32 Å². The molecular formula is C16H23NO2. The number of hydrogen-bond donors (Lipinski definition) is 3. The van der Waals surface area contributed by atoms with Crippen LogP contribution in [-0.4, -0.2) is 22.9 Å².